The fourth-order valence-electron chi connectivity index (χ4n) is 5.56. The molecule has 0 aliphatic rings. The normalized spacial score (nSPS) is 14.2. The Morgan fingerprint density at radius 1 is 0.829 bits per heavy atom. The summed E-state index contributed by atoms with van der Waals surface area (Å²) in [6.45, 7) is 21.4. The maximum atomic E-state index is 6.98. The van der Waals surface area contributed by atoms with Crippen LogP contribution in [-0.4, -0.2) is 13.3 Å². The topological polar surface area (TPSA) is 21.6 Å². The molecule has 0 aliphatic carbocycles. The Bertz CT molecular complexity index is 1300. The van der Waals surface area contributed by atoms with Gasteiger partial charge in [0.25, 0.3) is 0 Å². The average Bonchev–Trinajstić information content (AvgIpc) is 2.92. The number of aliphatic imine (C=N–C) groups is 1. The highest BCUT2D eigenvalue weighted by molar-refractivity contribution is 7.48. The van der Waals surface area contributed by atoms with Crippen LogP contribution in [0.4, 0.5) is 0 Å². The van der Waals surface area contributed by atoms with Crippen molar-refractivity contribution in [2.45, 2.75) is 117 Å². The third-order valence-corrected chi connectivity index (χ3v) is 10.2. The average molecular weight is 572 g/mol. The van der Waals surface area contributed by atoms with Gasteiger partial charge in [-0.05, 0) is 58.7 Å². The van der Waals surface area contributed by atoms with E-state index in [1.807, 2.05) is 13.3 Å². The molecule has 0 bridgehead atoms. The molecule has 0 aromatic heterocycles. The minimum absolute atomic E-state index is 0.0304. The van der Waals surface area contributed by atoms with E-state index in [1.54, 1.807) is 0 Å². The first-order valence-electron chi connectivity index (χ1n) is 15.5. The molecular formula is C38H54NOP. The number of hydrogen-bond donors (Lipinski definition) is 0. The molecule has 3 rings (SSSR count). The summed E-state index contributed by atoms with van der Waals surface area (Å²) in [6.07, 6.45) is 7.92. The number of unbranched alkanes of at least 4 members (excludes halogenated alkanes) is 2. The molecule has 222 valence electrons. The number of ether oxygens (including phenoxy) is 1. The van der Waals surface area contributed by atoms with E-state index in [0.717, 1.165) is 18.6 Å². The number of rotatable bonds is 12. The van der Waals surface area contributed by atoms with Crippen molar-refractivity contribution in [3.05, 3.63) is 94.0 Å². The van der Waals surface area contributed by atoms with Gasteiger partial charge in [-0.3, -0.25) is 4.99 Å². The predicted octanol–water partition coefficient (Wildman–Crippen LogP) is 10.4. The van der Waals surface area contributed by atoms with Gasteiger partial charge in [0.15, 0.2) is 0 Å². The number of nitrogens with zero attached hydrogens (tertiary/aromatic N) is 1. The van der Waals surface area contributed by atoms with Crippen LogP contribution < -0.4 is 10.0 Å². The monoisotopic (exact) mass is 571 g/mol. The van der Waals surface area contributed by atoms with Crippen LogP contribution >= 0.6 is 8.58 Å². The Kier molecular flexibility index (Phi) is 11.4. The molecule has 0 N–H and O–H groups in total. The van der Waals surface area contributed by atoms with Crippen molar-refractivity contribution < 1.29 is 4.74 Å². The van der Waals surface area contributed by atoms with Gasteiger partial charge in [-0.1, -0.05) is 143 Å². The Morgan fingerprint density at radius 2 is 1.51 bits per heavy atom. The first kappa shape index (κ1) is 33.1. The highest BCUT2D eigenvalue weighted by atomic mass is 31.1. The van der Waals surface area contributed by atoms with E-state index in [0.29, 0.717) is 15.2 Å². The third-order valence-electron chi connectivity index (χ3n) is 8.16. The smallest absolute Gasteiger partial charge is 0.127 e. The van der Waals surface area contributed by atoms with Gasteiger partial charge < -0.3 is 4.74 Å². The lowest BCUT2D eigenvalue weighted by molar-refractivity contribution is 0.288. The molecule has 0 fully saturated rings. The lowest BCUT2D eigenvalue weighted by Gasteiger charge is -2.39. The molecule has 2 unspecified atom stereocenters. The van der Waals surface area contributed by atoms with Gasteiger partial charge in [0.2, 0.25) is 0 Å². The van der Waals surface area contributed by atoms with Gasteiger partial charge in [-0.2, -0.15) is 0 Å². The molecule has 0 radical (unpaired) electrons. The summed E-state index contributed by atoms with van der Waals surface area (Å²) < 4.78 is 6.98. The van der Waals surface area contributed by atoms with Gasteiger partial charge >= 0.3 is 0 Å². The van der Waals surface area contributed by atoms with Crippen molar-refractivity contribution in [3.63, 3.8) is 0 Å². The summed E-state index contributed by atoms with van der Waals surface area (Å²) in [5, 5.41) is 1.36. The van der Waals surface area contributed by atoms with Gasteiger partial charge in [0, 0.05) is 29.5 Å². The van der Waals surface area contributed by atoms with Crippen LogP contribution in [0, 0.1) is 6.92 Å². The molecule has 0 saturated carbocycles. The van der Waals surface area contributed by atoms with E-state index in [4.69, 9.17) is 4.74 Å². The molecule has 0 heterocycles. The molecule has 0 saturated heterocycles. The highest BCUT2D eigenvalue weighted by Gasteiger charge is 2.38. The van der Waals surface area contributed by atoms with Crippen LogP contribution in [0.25, 0.3) is 0 Å². The fraction of sp³-hybridized carbons (Fsp3) is 0.500. The Hall–Kier alpha value is -2.44. The van der Waals surface area contributed by atoms with Crippen LogP contribution in [0.3, 0.4) is 0 Å². The number of aryl methyl sites for hydroxylation is 1. The zero-order chi connectivity index (χ0) is 30.3. The largest absolute Gasteiger partial charge is 0.488 e. The number of hydrogen-bond acceptors (Lipinski definition) is 2. The van der Waals surface area contributed by atoms with Crippen LogP contribution in [0.15, 0.2) is 65.7 Å². The third kappa shape index (κ3) is 8.54. The minimum atomic E-state index is -0.0576. The molecule has 3 aromatic carbocycles. The van der Waals surface area contributed by atoms with E-state index in [1.165, 1.54) is 57.9 Å². The molecule has 41 heavy (non-hydrogen) atoms. The molecule has 0 spiro atoms. The molecule has 2 nitrogen and oxygen atoms in total. The first-order valence-corrected chi connectivity index (χ1v) is 16.5. The van der Waals surface area contributed by atoms with Crippen molar-refractivity contribution in [1.29, 1.82) is 0 Å². The minimum Gasteiger partial charge on any atom is -0.488 e. The second kappa shape index (κ2) is 14.2. The van der Waals surface area contributed by atoms with E-state index < -0.39 is 0 Å². The summed E-state index contributed by atoms with van der Waals surface area (Å²) in [5.41, 5.74) is 7.79. The second-order valence-electron chi connectivity index (χ2n) is 13.7. The van der Waals surface area contributed by atoms with E-state index >= 15 is 0 Å². The van der Waals surface area contributed by atoms with Gasteiger partial charge in [0.1, 0.15) is 12.4 Å². The Labute approximate surface area is 253 Å². The highest BCUT2D eigenvalue weighted by Crippen LogP contribution is 2.54. The van der Waals surface area contributed by atoms with Crippen molar-refractivity contribution in [1.82, 2.24) is 0 Å². The predicted molar refractivity (Wildman–Crippen MR) is 183 cm³/mol. The summed E-state index contributed by atoms with van der Waals surface area (Å²) in [5.74, 6) is 1.10. The standard InChI is InChI=1S/C38H54NOP/c1-11-13-17-22-38(12-2,41-34-21-20-28(3)23-30(34)26-39-10)33-25-31(36(4,5)6)24-32(37(7,8)9)35(33)40-27-29-18-15-14-16-19-29/h14-16,18-21,23-26,41H,11-13,17,22,27H2,1-10H3. The Morgan fingerprint density at radius 3 is 2.10 bits per heavy atom. The zero-order valence-electron chi connectivity index (χ0n) is 27.4. The SMILES string of the molecule is CCCCCC(CC)(Pc1ccc(C)cc1C=NC)c1cc(C(C)(C)C)cc(C(C)(C)C)c1OCc1ccccc1. The first-order chi connectivity index (χ1) is 19.3. The Balaban J connectivity index is 2.34. The van der Waals surface area contributed by atoms with E-state index in [-0.39, 0.29) is 16.0 Å². The summed E-state index contributed by atoms with van der Waals surface area (Å²) >= 11 is 0. The van der Waals surface area contributed by atoms with E-state index in [9.17, 15) is 0 Å². The summed E-state index contributed by atoms with van der Waals surface area (Å²) in [4.78, 5) is 4.44. The van der Waals surface area contributed by atoms with Crippen LogP contribution in [0.1, 0.15) is 121 Å². The lowest BCUT2D eigenvalue weighted by atomic mass is 9.76. The fourth-order valence-corrected chi connectivity index (χ4v) is 7.32. The molecular weight excluding hydrogens is 517 g/mol. The number of benzene rings is 3. The second-order valence-corrected chi connectivity index (χ2v) is 15.4. The van der Waals surface area contributed by atoms with Crippen LogP contribution in [-0.2, 0) is 22.6 Å². The van der Waals surface area contributed by atoms with Gasteiger partial charge in [-0.25, -0.2) is 0 Å². The molecule has 3 heteroatoms. The maximum absolute atomic E-state index is 6.98. The summed E-state index contributed by atoms with van der Waals surface area (Å²) in [6, 6.07) is 22.5. The van der Waals surface area contributed by atoms with Crippen LogP contribution in [0.5, 0.6) is 5.75 Å². The quantitative estimate of drug-likeness (QED) is 0.120. The maximum Gasteiger partial charge on any atom is 0.127 e. The van der Waals surface area contributed by atoms with E-state index in [2.05, 4.69) is 128 Å². The molecule has 2 atom stereocenters. The van der Waals surface area contributed by atoms with Crippen molar-refractivity contribution >= 4 is 20.1 Å². The zero-order valence-corrected chi connectivity index (χ0v) is 28.4. The van der Waals surface area contributed by atoms with Crippen molar-refractivity contribution in [3.8, 4) is 5.75 Å². The molecule has 0 aliphatic heterocycles. The summed E-state index contributed by atoms with van der Waals surface area (Å²) in [7, 11) is 2.49. The van der Waals surface area contributed by atoms with Gasteiger partial charge in [-0.15, -0.1) is 0 Å². The van der Waals surface area contributed by atoms with Gasteiger partial charge in [0.05, 0.1) is 0 Å². The van der Waals surface area contributed by atoms with Crippen LogP contribution in [0.2, 0.25) is 0 Å². The molecule has 0 amide bonds. The van der Waals surface area contributed by atoms with Crippen molar-refractivity contribution in [2.75, 3.05) is 7.05 Å². The van der Waals surface area contributed by atoms with Crippen molar-refractivity contribution in [2.24, 2.45) is 4.99 Å². The lowest BCUT2D eigenvalue weighted by Crippen LogP contribution is -2.28. The molecule has 3 aromatic rings.